The lowest BCUT2D eigenvalue weighted by molar-refractivity contribution is -0.115. The number of aromatic nitrogens is 1. The molecular weight excluding hydrogens is 452 g/mol. The Morgan fingerprint density at radius 2 is 1.97 bits per heavy atom. The van der Waals surface area contributed by atoms with E-state index in [-0.39, 0.29) is 30.8 Å². The molecule has 1 aliphatic carbocycles. The zero-order valence-electron chi connectivity index (χ0n) is 19.7. The van der Waals surface area contributed by atoms with E-state index < -0.39 is 11.8 Å². The van der Waals surface area contributed by atoms with E-state index in [1.165, 1.54) is 0 Å². The fourth-order valence-electron chi connectivity index (χ4n) is 4.45. The maximum absolute atomic E-state index is 13.0. The summed E-state index contributed by atoms with van der Waals surface area (Å²) in [6.45, 7) is 4.21. The average Bonchev–Trinajstić information content (AvgIpc) is 3.29. The van der Waals surface area contributed by atoms with Gasteiger partial charge in [-0.15, -0.1) is 0 Å². The van der Waals surface area contributed by atoms with Gasteiger partial charge in [0.25, 0.3) is 5.92 Å². The number of carbonyl (C=O) groups is 1. The molecule has 1 aromatic carbocycles. The summed E-state index contributed by atoms with van der Waals surface area (Å²) in [5.74, 6) is -0.876. The van der Waals surface area contributed by atoms with Gasteiger partial charge in [-0.05, 0) is 35.7 Å². The van der Waals surface area contributed by atoms with Crippen LogP contribution in [0.1, 0.15) is 37.7 Å². The topological polar surface area (TPSA) is 64.0 Å². The fourth-order valence-corrected chi connectivity index (χ4v) is 4.45. The number of ketones is 1. The molecule has 2 aliphatic heterocycles. The van der Waals surface area contributed by atoms with Crippen LogP contribution in [0.5, 0.6) is 11.5 Å². The van der Waals surface area contributed by atoms with Crippen LogP contribution in [0.4, 0.5) is 14.6 Å². The first-order chi connectivity index (χ1) is 16.9. The van der Waals surface area contributed by atoms with Crippen LogP contribution >= 0.6 is 0 Å². The van der Waals surface area contributed by atoms with Gasteiger partial charge in [-0.2, -0.15) is 0 Å². The maximum Gasteiger partial charge on any atom is 0.255 e. The monoisotopic (exact) mass is 481 g/mol. The van der Waals surface area contributed by atoms with Crippen LogP contribution in [0, 0.1) is 5.92 Å². The normalized spacial score (nSPS) is 23.2. The second-order valence-electron chi connectivity index (χ2n) is 9.55. The molecule has 0 radical (unpaired) electrons. The molecule has 35 heavy (non-hydrogen) atoms. The number of Topliss-reactive ketones (excluding diaryl/α,β-unsaturated/α-hetero) is 1. The molecule has 6 nitrogen and oxygen atoms in total. The van der Waals surface area contributed by atoms with Crippen LogP contribution in [-0.4, -0.2) is 55.2 Å². The minimum absolute atomic E-state index is 0.0223. The van der Waals surface area contributed by atoms with Crippen molar-refractivity contribution in [3.05, 3.63) is 59.8 Å². The number of alkyl halides is 2. The number of hydrogen-bond donors (Lipinski definition) is 0. The molecule has 0 amide bonds. The Morgan fingerprint density at radius 3 is 2.63 bits per heavy atom. The van der Waals surface area contributed by atoms with Gasteiger partial charge in [0, 0.05) is 37.6 Å². The minimum Gasteiger partial charge on any atom is -0.491 e. The molecular formula is C27H29F2N3O3. The van der Waals surface area contributed by atoms with Gasteiger partial charge in [-0.3, -0.25) is 9.79 Å². The summed E-state index contributed by atoms with van der Waals surface area (Å²) >= 11 is 0. The highest BCUT2D eigenvalue weighted by Gasteiger charge is 2.57. The largest absolute Gasteiger partial charge is 0.491 e. The first-order valence-electron chi connectivity index (χ1n) is 12.1. The third kappa shape index (κ3) is 5.69. The number of allylic oxidation sites excluding steroid dienone is 1. The number of nitrogens with zero attached hydrogens (tertiary/aromatic N) is 3. The predicted octanol–water partition coefficient (Wildman–Crippen LogP) is 4.85. The summed E-state index contributed by atoms with van der Waals surface area (Å²) < 4.78 is 37.6. The Bertz CT molecular complexity index is 1120. The second kappa shape index (κ2) is 9.76. The van der Waals surface area contributed by atoms with Crippen LogP contribution in [0.25, 0.3) is 0 Å². The van der Waals surface area contributed by atoms with Gasteiger partial charge in [0.15, 0.2) is 5.78 Å². The highest BCUT2D eigenvalue weighted by molar-refractivity contribution is 6.14. The molecule has 3 heterocycles. The third-order valence-corrected chi connectivity index (χ3v) is 6.81. The molecule has 8 heteroatoms. The number of pyridine rings is 1. The van der Waals surface area contributed by atoms with Crippen LogP contribution in [0.3, 0.4) is 0 Å². The summed E-state index contributed by atoms with van der Waals surface area (Å²) in [4.78, 5) is 23.0. The van der Waals surface area contributed by atoms with Gasteiger partial charge in [0.05, 0.1) is 31.8 Å². The molecule has 0 N–H and O–H groups in total. The van der Waals surface area contributed by atoms with Crippen molar-refractivity contribution >= 4 is 17.8 Å². The first kappa shape index (κ1) is 23.5. The first-order valence-corrected chi connectivity index (χ1v) is 12.1. The molecule has 0 bridgehead atoms. The molecule has 2 fully saturated rings. The van der Waals surface area contributed by atoms with Crippen molar-refractivity contribution in [1.82, 2.24) is 4.98 Å². The molecule has 184 valence electrons. The summed E-state index contributed by atoms with van der Waals surface area (Å²) in [5, 5.41) is 0. The number of anilines is 1. The number of ether oxygens (including phenoxy) is 2. The minimum atomic E-state index is -2.57. The molecule has 5 rings (SSSR count). The van der Waals surface area contributed by atoms with Gasteiger partial charge < -0.3 is 14.4 Å². The van der Waals surface area contributed by atoms with Crippen LogP contribution in [0.2, 0.25) is 0 Å². The zero-order valence-corrected chi connectivity index (χ0v) is 19.7. The van der Waals surface area contributed by atoms with E-state index in [2.05, 4.69) is 21.8 Å². The van der Waals surface area contributed by atoms with E-state index in [1.54, 1.807) is 18.5 Å². The molecule has 0 spiro atoms. The fraction of sp³-hybridized carbons (Fsp3) is 0.444. The number of halogens is 2. The molecule has 1 saturated carbocycles. The predicted molar refractivity (Wildman–Crippen MR) is 130 cm³/mol. The maximum atomic E-state index is 13.0. The van der Waals surface area contributed by atoms with Crippen molar-refractivity contribution in [1.29, 1.82) is 0 Å². The van der Waals surface area contributed by atoms with Gasteiger partial charge in [0.2, 0.25) is 0 Å². The van der Waals surface area contributed by atoms with Crippen LogP contribution < -0.4 is 14.4 Å². The number of benzene rings is 1. The Balaban J connectivity index is 1.09. The Labute approximate surface area is 203 Å². The van der Waals surface area contributed by atoms with Gasteiger partial charge in [-0.25, -0.2) is 13.8 Å². The van der Waals surface area contributed by atoms with Crippen molar-refractivity contribution in [2.24, 2.45) is 10.9 Å². The second-order valence-corrected chi connectivity index (χ2v) is 9.55. The lowest BCUT2D eigenvalue weighted by Gasteiger charge is -2.19. The van der Waals surface area contributed by atoms with E-state index in [0.29, 0.717) is 30.8 Å². The zero-order chi connectivity index (χ0) is 24.4. The lowest BCUT2D eigenvalue weighted by Crippen LogP contribution is -2.25. The molecule has 3 atom stereocenters. The van der Waals surface area contributed by atoms with E-state index in [0.717, 1.165) is 30.1 Å². The van der Waals surface area contributed by atoms with Gasteiger partial charge in [-0.1, -0.05) is 25.1 Å². The van der Waals surface area contributed by atoms with E-state index in [1.807, 2.05) is 36.4 Å². The SMILES string of the molecule is C[C@H](CC(=O)C1=CCN=C1)c1ccc(OC2CCN(c3ccc(OCC4CC4(F)F)cn3)C2)cc1. The molecule has 3 aliphatic rings. The van der Waals surface area contributed by atoms with Crippen molar-refractivity contribution in [2.75, 3.05) is 31.1 Å². The number of aliphatic imine (C=N–C) groups is 1. The van der Waals surface area contributed by atoms with Gasteiger partial charge in [0.1, 0.15) is 23.4 Å². The highest BCUT2D eigenvalue weighted by Crippen LogP contribution is 2.48. The van der Waals surface area contributed by atoms with Crippen molar-refractivity contribution in [2.45, 2.75) is 44.1 Å². The number of rotatable bonds is 10. The van der Waals surface area contributed by atoms with Gasteiger partial charge >= 0.3 is 0 Å². The quantitative estimate of drug-likeness (QED) is 0.486. The molecule has 2 unspecified atom stereocenters. The Kier molecular flexibility index (Phi) is 6.54. The highest BCUT2D eigenvalue weighted by atomic mass is 19.3. The lowest BCUT2D eigenvalue weighted by atomic mass is 9.93. The summed E-state index contributed by atoms with van der Waals surface area (Å²) in [5.41, 5.74) is 1.81. The number of hydrogen-bond acceptors (Lipinski definition) is 6. The summed E-state index contributed by atoms with van der Waals surface area (Å²) in [6.07, 6.45) is 6.40. The standard InChI is InChI=1S/C27H29F2N3O3/c1-18(12-25(33)20-8-10-30-14-20)19-2-4-22(5-3-19)35-24-9-11-32(16-24)26-7-6-23(15-31-26)34-17-21-13-27(21,28)29/h2-8,14-15,18,21,24H,9-13,16-17H2,1H3/t18-,21?,24?/m1/s1. The van der Waals surface area contributed by atoms with Crippen molar-refractivity contribution in [3.8, 4) is 11.5 Å². The van der Waals surface area contributed by atoms with E-state index in [4.69, 9.17) is 9.47 Å². The third-order valence-electron chi connectivity index (χ3n) is 6.81. The molecule has 1 aromatic heterocycles. The van der Waals surface area contributed by atoms with Crippen molar-refractivity contribution in [3.63, 3.8) is 0 Å². The van der Waals surface area contributed by atoms with Crippen molar-refractivity contribution < 1.29 is 23.0 Å². The molecule has 1 saturated heterocycles. The summed E-state index contributed by atoms with van der Waals surface area (Å²) in [6, 6.07) is 11.6. The van der Waals surface area contributed by atoms with Crippen LogP contribution in [-0.2, 0) is 4.79 Å². The average molecular weight is 482 g/mol. The Hall–Kier alpha value is -3.29. The van der Waals surface area contributed by atoms with Crippen LogP contribution in [0.15, 0.2) is 59.2 Å². The summed E-state index contributed by atoms with van der Waals surface area (Å²) in [7, 11) is 0. The van der Waals surface area contributed by atoms with E-state index >= 15 is 0 Å². The molecule has 2 aromatic rings. The number of carbonyl (C=O) groups excluding carboxylic acids is 1. The Morgan fingerprint density at radius 1 is 1.20 bits per heavy atom. The van der Waals surface area contributed by atoms with E-state index in [9.17, 15) is 13.6 Å². The smallest absolute Gasteiger partial charge is 0.255 e.